The third-order valence-corrected chi connectivity index (χ3v) is 3.29. The van der Waals surface area contributed by atoms with Gasteiger partial charge in [-0.2, -0.15) is 0 Å². The lowest BCUT2D eigenvalue weighted by Crippen LogP contribution is -2.46. The second-order valence-corrected chi connectivity index (χ2v) is 4.86. The summed E-state index contributed by atoms with van der Waals surface area (Å²) in [7, 11) is 0. The normalized spacial score (nSPS) is 13.3. The molecule has 2 rings (SSSR count). The lowest BCUT2D eigenvalue weighted by Gasteiger charge is -2.31. The fourth-order valence-corrected chi connectivity index (χ4v) is 2.44. The monoisotopic (exact) mass is 291 g/mol. The third kappa shape index (κ3) is 3.50. The number of hydrogen-bond donors (Lipinski definition) is 3. The zero-order chi connectivity index (χ0) is 15.4. The van der Waals surface area contributed by atoms with E-state index >= 15 is 0 Å². The number of carboxylic acid groups (broad SMARTS) is 1. The highest BCUT2D eigenvalue weighted by Crippen LogP contribution is 2.29. The molecule has 1 aliphatic heterocycles. The standard InChI is InChI=1S/C14H17N3O4/c1-9(18)15-16-13(19)8-17-7-3-5-10-11(14(20)21)4-2-6-12(10)17/h2,4,6H,3,5,7-8H2,1H3,(H,15,18)(H,16,19)(H,20,21). The number of amides is 2. The van der Waals surface area contributed by atoms with E-state index in [4.69, 9.17) is 0 Å². The maximum absolute atomic E-state index is 11.8. The summed E-state index contributed by atoms with van der Waals surface area (Å²) in [6, 6.07) is 5.06. The molecule has 0 aliphatic carbocycles. The molecule has 7 nitrogen and oxygen atoms in total. The number of aromatic carboxylic acids is 1. The van der Waals surface area contributed by atoms with Crippen molar-refractivity contribution in [2.45, 2.75) is 19.8 Å². The van der Waals surface area contributed by atoms with Crippen molar-refractivity contribution in [3.63, 3.8) is 0 Å². The van der Waals surface area contributed by atoms with E-state index in [2.05, 4.69) is 10.9 Å². The van der Waals surface area contributed by atoms with Crippen molar-refractivity contribution in [3.05, 3.63) is 29.3 Å². The van der Waals surface area contributed by atoms with E-state index in [0.29, 0.717) is 13.0 Å². The first kappa shape index (κ1) is 14.8. The number of hydrazine groups is 1. The number of carbonyl (C=O) groups excluding carboxylic acids is 2. The van der Waals surface area contributed by atoms with Crippen LogP contribution in [0.1, 0.15) is 29.3 Å². The molecule has 1 heterocycles. The molecular weight excluding hydrogens is 274 g/mol. The van der Waals surface area contributed by atoms with E-state index in [1.807, 2.05) is 11.0 Å². The van der Waals surface area contributed by atoms with E-state index < -0.39 is 5.97 Å². The van der Waals surface area contributed by atoms with Gasteiger partial charge in [-0.3, -0.25) is 20.4 Å². The van der Waals surface area contributed by atoms with Crippen LogP contribution in [0.25, 0.3) is 0 Å². The van der Waals surface area contributed by atoms with Gasteiger partial charge < -0.3 is 10.0 Å². The highest BCUT2D eigenvalue weighted by molar-refractivity contribution is 5.92. The minimum Gasteiger partial charge on any atom is -0.478 e. The molecule has 3 N–H and O–H groups in total. The Hall–Kier alpha value is -2.57. The second-order valence-electron chi connectivity index (χ2n) is 4.86. The van der Waals surface area contributed by atoms with Crippen LogP contribution >= 0.6 is 0 Å². The predicted octanol–water partition coefficient (Wildman–Crippen LogP) is 0.305. The molecular formula is C14H17N3O4. The molecule has 21 heavy (non-hydrogen) atoms. The topological polar surface area (TPSA) is 98.7 Å². The molecule has 0 bridgehead atoms. The molecule has 1 aromatic rings. The van der Waals surface area contributed by atoms with Crippen molar-refractivity contribution in [3.8, 4) is 0 Å². The SMILES string of the molecule is CC(=O)NNC(=O)CN1CCCc2c(C(=O)O)cccc21. The van der Waals surface area contributed by atoms with E-state index in [1.54, 1.807) is 12.1 Å². The summed E-state index contributed by atoms with van der Waals surface area (Å²) >= 11 is 0. The Kier molecular flexibility index (Phi) is 4.42. The van der Waals surface area contributed by atoms with E-state index in [9.17, 15) is 19.5 Å². The lowest BCUT2D eigenvalue weighted by molar-refractivity contribution is -0.127. The maximum atomic E-state index is 11.8. The number of benzene rings is 1. The average molecular weight is 291 g/mol. The molecule has 0 saturated heterocycles. The number of nitrogens with zero attached hydrogens (tertiary/aromatic N) is 1. The van der Waals surface area contributed by atoms with Crippen LogP contribution in [0.3, 0.4) is 0 Å². The van der Waals surface area contributed by atoms with Crippen LogP contribution in [0, 0.1) is 0 Å². The van der Waals surface area contributed by atoms with Crippen molar-refractivity contribution >= 4 is 23.5 Å². The number of carboxylic acids is 1. The summed E-state index contributed by atoms with van der Waals surface area (Å²) in [6.07, 6.45) is 1.46. The van der Waals surface area contributed by atoms with Crippen LogP contribution in [-0.4, -0.2) is 36.0 Å². The molecule has 2 amide bonds. The lowest BCUT2D eigenvalue weighted by atomic mass is 9.96. The highest BCUT2D eigenvalue weighted by atomic mass is 16.4. The quantitative estimate of drug-likeness (QED) is 0.696. The molecule has 0 aromatic heterocycles. The summed E-state index contributed by atoms with van der Waals surface area (Å²) in [6.45, 7) is 2.04. The van der Waals surface area contributed by atoms with Gasteiger partial charge in [-0.15, -0.1) is 0 Å². The Morgan fingerprint density at radius 2 is 2.05 bits per heavy atom. The minimum absolute atomic E-state index is 0.0658. The highest BCUT2D eigenvalue weighted by Gasteiger charge is 2.23. The van der Waals surface area contributed by atoms with Crippen LogP contribution in [0.15, 0.2) is 18.2 Å². The molecule has 0 atom stereocenters. The zero-order valence-electron chi connectivity index (χ0n) is 11.7. The molecule has 112 valence electrons. The predicted molar refractivity (Wildman–Crippen MR) is 75.9 cm³/mol. The number of fused-ring (bicyclic) bond motifs is 1. The molecule has 0 unspecified atom stereocenters. The van der Waals surface area contributed by atoms with E-state index in [1.165, 1.54) is 6.92 Å². The molecule has 0 radical (unpaired) electrons. The van der Waals surface area contributed by atoms with E-state index in [0.717, 1.165) is 17.7 Å². The fourth-order valence-electron chi connectivity index (χ4n) is 2.44. The van der Waals surface area contributed by atoms with Gasteiger partial charge in [0.2, 0.25) is 5.91 Å². The number of hydrogen-bond acceptors (Lipinski definition) is 4. The van der Waals surface area contributed by atoms with Gasteiger partial charge in [-0.25, -0.2) is 4.79 Å². The first-order valence-electron chi connectivity index (χ1n) is 6.64. The van der Waals surface area contributed by atoms with Crippen LogP contribution in [-0.2, 0) is 16.0 Å². The largest absolute Gasteiger partial charge is 0.478 e. The van der Waals surface area contributed by atoms with E-state index in [-0.39, 0.29) is 23.9 Å². The summed E-state index contributed by atoms with van der Waals surface area (Å²) in [4.78, 5) is 35.6. The Morgan fingerprint density at radius 1 is 1.29 bits per heavy atom. The number of rotatable bonds is 3. The molecule has 7 heteroatoms. The zero-order valence-corrected chi connectivity index (χ0v) is 11.7. The van der Waals surface area contributed by atoms with Gasteiger partial charge in [-0.05, 0) is 30.5 Å². The molecule has 1 aromatic carbocycles. The molecule has 0 fully saturated rings. The van der Waals surface area contributed by atoms with Crippen LogP contribution in [0.5, 0.6) is 0 Å². The van der Waals surface area contributed by atoms with Crippen molar-refractivity contribution in [2.75, 3.05) is 18.0 Å². The van der Waals surface area contributed by atoms with Gasteiger partial charge in [0.05, 0.1) is 12.1 Å². The summed E-state index contributed by atoms with van der Waals surface area (Å²) in [5, 5.41) is 9.21. The van der Waals surface area contributed by atoms with Crippen molar-refractivity contribution in [1.29, 1.82) is 0 Å². The summed E-state index contributed by atoms with van der Waals surface area (Å²) in [5.74, 6) is -1.66. The molecule has 0 spiro atoms. The van der Waals surface area contributed by atoms with Gasteiger partial charge in [0.25, 0.3) is 5.91 Å². The molecule has 1 aliphatic rings. The van der Waals surface area contributed by atoms with Crippen molar-refractivity contribution < 1.29 is 19.5 Å². The maximum Gasteiger partial charge on any atom is 0.336 e. The van der Waals surface area contributed by atoms with Crippen molar-refractivity contribution in [2.24, 2.45) is 0 Å². The Morgan fingerprint density at radius 3 is 2.71 bits per heavy atom. The van der Waals surface area contributed by atoms with Gasteiger partial charge in [0.1, 0.15) is 0 Å². The van der Waals surface area contributed by atoms with Gasteiger partial charge in [0.15, 0.2) is 0 Å². The first-order chi connectivity index (χ1) is 9.99. The Balaban J connectivity index is 2.15. The number of nitrogens with one attached hydrogen (secondary N) is 2. The van der Waals surface area contributed by atoms with Crippen LogP contribution < -0.4 is 15.8 Å². The molecule has 0 saturated carbocycles. The average Bonchev–Trinajstić information content (AvgIpc) is 2.44. The van der Waals surface area contributed by atoms with Gasteiger partial charge >= 0.3 is 5.97 Å². The first-order valence-corrected chi connectivity index (χ1v) is 6.64. The third-order valence-electron chi connectivity index (χ3n) is 3.29. The Bertz CT molecular complexity index is 586. The second kappa shape index (κ2) is 6.25. The van der Waals surface area contributed by atoms with Crippen molar-refractivity contribution in [1.82, 2.24) is 10.9 Å². The van der Waals surface area contributed by atoms with Gasteiger partial charge in [-0.1, -0.05) is 6.07 Å². The van der Waals surface area contributed by atoms with Gasteiger partial charge in [0, 0.05) is 19.2 Å². The number of anilines is 1. The summed E-state index contributed by atoms with van der Waals surface area (Å²) < 4.78 is 0. The minimum atomic E-state index is -0.962. The smallest absolute Gasteiger partial charge is 0.336 e. The summed E-state index contributed by atoms with van der Waals surface area (Å²) in [5.41, 5.74) is 6.32. The Labute approximate surface area is 121 Å². The van der Waals surface area contributed by atoms with Crippen LogP contribution in [0.2, 0.25) is 0 Å². The fraction of sp³-hybridized carbons (Fsp3) is 0.357. The van der Waals surface area contributed by atoms with Crippen LogP contribution in [0.4, 0.5) is 5.69 Å². The number of carbonyl (C=O) groups is 3.